The summed E-state index contributed by atoms with van der Waals surface area (Å²) in [6.07, 6.45) is 2.92. The summed E-state index contributed by atoms with van der Waals surface area (Å²) in [6.45, 7) is 4.10. The molecule has 7 nitrogen and oxygen atoms in total. The van der Waals surface area contributed by atoms with Crippen LogP contribution in [0.4, 0.5) is 0 Å². The van der Waals surface area contributed by atoms with Crippen LogP contribution in [-0.4, -0.2) is 38.4 Å². The van der Waals surface area contributed by atoms with Gasteiger partial charge in [-0.3, -0.25) is 14.5 Å². The Bertz CT molecular complexity index is 1220. The van der Waals surface area contributed by atoms with Crippen LogP contribution < -0.4 is 10.1 Å². The van der Waals surface area contributed by atoms with Crippen molar-refractivity contribution in [2.75, 3.05) is 13.2 Å². The van der Waals surface area contributed by atoms with Gasteiger partial charge >= 0.3 is 0 Å². The lowest BCUT2D eigenvalue weighted by atomic mass is 10.2. The van der Waals surface area contributed by atoms with E-state index in [1.54, 1.807) is 4.57 Å². The van der Waals surface area contributed by atoms with Gasteiger partial charge in [0.2, 0.25) is 5.91 Å². The zero-order chi connectivity index (χ0) is 21.6. The van der Waals surface area contributed by atoms with Gasteiger partial charge in [-0.05, 0) is 67.3 Å². The van der Waals surface area contributed by atoms with Gasteiger partial charge in [0, 0.05) is 30.4 Å². The summed E-state index contributed by atoms with van der Waals surface area (Å²) in [7, 11) is 0. The molecule has 4 aromatic rings. The molecule has 0 atom stereocenters. The number of nitrogens with one attached hydrogen (secondary N) is 2. The first kappa shape index (κ1) is 20.9. The van der Waals surface area contributed by atoms with Crippen LogP contribution in [0.1, 0.15) is 13.3 Å². The number of amides is 1. The highest BCUT2D eigenvalue weighted by atomic mass is 32.1. The molecule has 0 fully saturated rings. The minimum absolute atomic E-state index is 0.0953. The zero-order valence-corrected chi connectivity index (χ0v) is 18.2. The smallest absolute Gasteiger partial charge is 0.240 e. The molecule has 0 spiro atoms. The van der Waals surface area contributed by atoms with Gasteiger partial charge in [0.15, 0.2) is 10.6 Å². The third kappa shape index (κ3) is 4.86. The highest BCUT2D eigenvalue weighted by Crippen LogP contribution is 2.21. The molecule has 2 aromatic heterocycles. The number of hydrogen-bond donors (Lipinski definition) is 2. The fourth-order valence-corrected chi connectivity index (χ4v) is 3.76. The first-order valence-corrected chi connectivity index (χ1v) is 10.8. The molecule has 0 bridgehead atoms. The fraction of sp³-hybridized carbons (Fsp3) is 0.261. The number of fused-ring (bicyclic) bond motifs is 1. The maximum atomic E-state index is 12.5. The molecule has 0 radical (unpaired) electrons. The quantitative estimate of drug-likeness (QED) is 0.306. The molecule has 8 heteroatoms. The first-order valence-electron chi connectivity index (χ1n) is 10.3. The van der Waals surface area contributed by atoms with E-state index < -0.39 is 0 Å². The molecule has 0 aliphatic heterocycles. The molecule has 0 aliphatic carbocycles. The minimum atomic E-state index is -0.0953. The summed E-state index contributed by atoms with van der Waals surface area (Å²) >= 11 is 5.33. The van der Waals surface area contributed by atoms with E-state index in [4.69, 9.17) is 17.0 Å². The molecule has 160 valence electrons. The Morgan fingerprint density at radius 2 is 1.97 bits per heavy atom. The van der Waals surface area contributed by atoms with Crippen LogP contribution in [0, 0.1) is 4.77 Å². The molecule has 2 aromatic carbocycles. The van der Waals surface area contributed by atoms with E-state index in [2.05, 4.69) is 44.5 Å². The second-order valence-corrected chi connectivity index (χ2v) is 7.55. The van der Waals surface area contributed by atoms with Crippen LogP contribution in [-0.2, 0) is 17.9 Å². The van der Waals surface area contributed by atoms with Gasteiger partial charge in [0.05, 0.1) is 6.61 Å². The Labute approximate surface area is 185 Å². The van der Waals surface area contributed by atoms with Crippen molar-refractivity contribution in [1.82, 2.24) is 24.6 Å². The largest absolute Gasteiger partial charge is 0.494 e. The average Bonchev–Trinajstić information content (AvgIpc) is 3.36. The van der Waals surface area contributed by atoms with Crippen molar-refractivity contribution in [1.29, 1.82) is 0 Å². The molecule has 1 amide bonds. The summed E-state index contributed by atoms with van der Waals surface area (Å²) in [5, 5.41) is 11.3. The lowest BCUT2D eigenvalue weighted by Crippen LogP contribution is -2.29. The highest BCUT2D eigenvalue weighted by molar-refractivity contribution is 7.71. The molecule has 31 heavy (non-hydrogen) atoms. The van der Waals surface area contributed by atoms with Gasteiger partial charge in [-0.15, -0.1) is 0 Å². The van der Waals surface area contributed by atoms with Crippen molar-refractivity contribution in [2.45, 2.75) is 26.4 Å². The van der Waals surface area contributed by atoms with E-state index in [1.807, 2.05) is 43.3 Å². The molecule has 0 saturated carbocycles. The van der Waals surface area contributed by atoms with Gasteiger partial charge in [0.1, 0.15) is 12.3 Å². The van der Waals surface area contributed by atoms with E-state index in [-0.39, 0.29) is 12.5 Å². The number of aryl methyl sites for hydroxylation is 1. The van der Waals surface area contributed by atoms with Gasteiger partial charge in [-0.1, -0.05) is 18.2 Å². The maximum absolute atomic E-state index is 12.5. The third-order valence-electron chi connectivity index (χ3n) is 5.06. The molecule has 2 heterocycles. The van der Waals surface area contributed by atoms with E-state index in [0.717, 1.165) is 24.3 Å². The Hall–Kier alpha value is -3.39. The summed E-state index contributed by atoms with van der Waals surface area (Å²) in [4.78, 5) is 12.5. The number of rotatable bonds is 9. The number of ether oxygens (including phenoxy) is 1. The fourth-order valence-electron chi connectivity index (χ4n) is 3.56. The van der Waals surface area contributed by atoms with Crippen LogP contribution in [0.25, 0.3) is 22.3 Å². The van der Waals surface area contributed by atoms with Crippen LogP contribution in [0.5, 0.6) is 5.75 Å². The minimum Gasteiger partial charge on any atom is -0.494 e. The molecule has 2 N–H and O–H groups in total. The monoisotopic (exact) mass is 435 g/mol. The van der Waals surface area contributed by atoms with E-state index in [1.165, 1.54) is 10.9 Å². The lowest BCUT2D eigenvalue weighted by molar-refractivity contribution is -0.121. The molecule has 0 aliphatic rings. The summed E-state index contributed by atoms with van der Waals surface area (Å²) in [5.41, 5.74) is 2.07. The number of H-pyrrole nitrogens is 1. The van der Waals surface area contributed by atoms with Gasteiger partial charge in [0.25, 0.3) is 0 Å². The van der Waals surface area contributed by atoms with Crippen LogP contribution in [0.2, 0.25) is 0 Å². The van der Waals surface area contributed by atoms with Crippen molar-refractivity contribution in [2.24, 2.45) is 0 Å². The van der Waals surface area contributed by atoms with E-state index >= 15 is 0 Å². The topological polar surface area (TPSA) is 76.9 Å². The standard InChI is InChI=1S/C23H25N5O2S/c1-2-30-19-10-8-18(9-11-19)22-25-26-23(31)28(22)16-21(29)24-13-5-14-27-15-12-17-6-3-4-7-20(17)27/h3-4,6-12,15H,2,5,13-14,16H2,1H3,(H,24,29)(H,26,31). The number of para-hydroxylation sites is 1. The number of nitrogens with zero attached hydrogens (tertiary/aromatic N) is 3. The van der Waals surface area contributed by atoms with Gasteiger partial charge < -0.3 is 14.6 Å². The average molecular weight is 436 g/mol. The third-order valence-corrected chi connectivity index (χ3v) is 5.37. The number of benzene rings is 2. The van der Waals surface area contributed by atoms with Crippen molar-refractivity contribution < 1.29 is 9.53 Å². The van der Waals surface area contributed by atoms with Crippen LogP contribution in [0.15, 0.2) is 60.8 Å². The Morgan fingerprint density at radius 3 is 2.77 bits per heavy atom. The van der Waals surface area contributed by atoms with Gasteiger partial charge in [-0.25, -0.2) is 0 Å². The van der Waals surface area contributed by atoms with E-state index in [9.17, 15) is 4.79 Å². The zero-order valence-electron chi connectivity index (χ0n) is 17.4. The number of carbonyl (C=O) groups is 1. The maximum Gasteiger partial charge on any atom is 0.240 e. The van der Waals surface area contributed by atoms with Gasteiger partial charge in [-0.2, -0.15) is 5.10 Å². The first-order chi connectivity index (χ1) is 15.2. The number of aromatic nitrogens is 4. The highest BCUT2D eigenvalue weighted by Gasteiger charge is 2.12. The Morgan fingerprint density at radius 1 is 1.16 bits per heavy atom. The van der Waals surface area contributed by atoms with Crippen molar-refractivity contribution in [3.63, 3.8) is 0 Å². The number of aromatic amines is 1. The Balaban J connectivity index is 1.33. The second kappa shape index (κ2) is 9.61. The second-order valence-electron chi connectivity index (χ2n) is 7.17. The summed E-state index contributed by atoms with van der Waals surface area (Å²) in [5.74, 6) is 1.32. The predicted molar refractivity (Wildman–Crippen MR) is 124 cm³/mol. The van der Waals surface area contributed by atoms with Crippen LogP contribution in [0.3, 0.4) is 0 Å². The summed E-state index contributed by atoms with van der Waals surface area (Å²) in [6, 6.07) is 18.0. The SMILES string of the molecule is CCOc1ccc(-c2n[nH]c(=S)n2CC(=O)NCCCn2ccc3ccccc32)cc1. The lowest BCUT2D eigenvalue weighted by Gasteiger charge is -2.10. The van der Waals surface area contributed by atoms with Crippen LogP contribution >= 0.6 is 12.2 Å². The predicted octanol–water partition coefficient (Wildman–Crippen LogP) is 4.17. The molecule has 0 unspecified atom stereocenters. The van der Waals surface area contributed by atoms with Crippen molar-refractivity contribution >= 4 is 29.0 Å². The normalized spacial score (nSPS) is 11.0. The Kier molecular flexibility index (Phi) is 6.47. The molecule has 4 rings (SSSR count). The van der Waals surface area contributed by atoms with E-state index in [0.29, 0.717) is 23.7 Å². The van der Waals surface area contributed by atoms with Crippen molar-refractivity contribution in [3.8, 4) is 17.1 Å². The molecule has 0 saturated heterocycles. The number of carbonyl (C=O) groups excluding carboxylic acids is 1. The number of hydrogen-bond acceptors (Lipinski definition) is 4. The molecular formula is C23H25N5O2S. The molecular weight excluding hydrogens is 410 g/mol. The van der Waals surface area contributed by atoms with Crippen molar-refractivity contribution in [3.05, 3.63) is 65.6 Å². The summed E-state index contributed by atoms with van der Waals surface area (Å²) < 4.78 is 9.81.